The standard InChI is InChI=1S/C27H44O5/c1-16(2)7-6-8-17(3)19-9-10-20-23(25(31)32)21(12-14-26(19,20)4)27(5)13-11-18(28)15-22(27)24(29)30/h16-17,19-23H,6-15H2,1-5H3,(H,29,30)(H,31,32)/t17-,19-,20+,21+,22-,23+,26-,27-/m1/s1. The molecule has 0 aromatic rings. The Balaban J connectivity index is 1.85. The van der Waals surface area contributed by atoms with E-state index in [9.17, 15) is 24.6 Å². The van der Waals surface area contributed by atoms with Crippen molar-refractivity contribution in [1.82, 2.24) is 0 Å². The summed E-state index contributed by atoms with van der Waals surface area (Å²) < 4.78 is 0. The Bertz CT molecular complexity index is 730. The third-order valence-corrected chi connectivity index (χ3v) is 10.1. The van der Waals surface area contributed by atoms with E-state index >= 15 is 0 Å². The average molecular weight is 449 g/mol. The van der Waals surface area contributed by atoms with Gasteiger partial charge in [0.25, 0.3) is 0 Å². The van der Waals surface area contributed by atoms with E-state index in [0.29, 0.717) is 30.6 Å². The number of ketones is 1. The normalized spacial score (nSPS) is 40.8. The number of aliphatic carboxylic acids is 2. The molecule has 3 aliphatic carbocycles. The van der Waals surface area contributed by atoms with Crippen molar-refractivity contribution in [1.29, 1.82) is 0 Å². The van der Waals surface area contributed by atoms with Gasteiger partial charge in [-0.05, 0) is 72.5 Å². The van der Waals surface area contributed by atoms with E-state index in [1.165, 1.54) is 19.3 Å². The lowest BCUT2D eigenvalue weighted by Gasteiger charge is -2.55. The summed E-state index contributed by atoms with van der Waals surface area (Å²) in [7, 11) is 0. The van der Waals surface area contributed by atoms with Gasteiger partial charge in [0, 0.05) is 12.8 Å². The molecule has 0 spiro atoms. The third kappa shape index (κ3) is 4.50. The van der Waals surface area contributed by atoms with Gasteiger partial charge < -0.3 is 10.2 Å². The van der Waals surface area contributed by atoms with Gasteiger partial charge in [0.15, 0.2) is 0 Å². The summed E-state index contributed by atoms with van der Waals surface area (Å²) >= 11 is 0. The molecule has 3 fully saturated rings. The van der Waals surface area contributed by atoms with Crippen LogP contribution in [-0.2, 0) is 14.4 Å². The first-order valence-electron chi connectivity index (χ1n) is 12.9. The largest absolute Gasteiger partial charge is 0.481 e. The lowest BCUT2D eigenvalue weighted by Crippen LogP contribution is -2.54. The predicted molar refractivity (Wildman–Crippen MR) is 124 cm³/mol. The fourth-order valence-electron chi connectivity index (χ4n) is 8.21. The van der Waals surface area contributed by atoms with Gasteiger partial charge >= 0.3 is 11.9 Å². The van der Waals surface area contributed by atoms with Crippen molar-refractivity contribution in [3.63, 3.8) is 0 Å². The molecule has 182 valence electrons. The Morgan fingerprint density at radius 3 is 2.19 bits per heavy atom. The van der Waals surface area contributed by atoms with Crippen LogP contribution in [0.5, 0.6) is 0 Å². The number of carbonyl (C=O) groups excluding carboxylic acids is 1. The molecule has 2 N–H and O–H groups in total. The van der Waals surface area contributed by atoms with Crippen LogP contribution < -0.4 is 0 Å². The smallest absolute Gasteiger partial charge is 0.307 e. The zero-order valence-corrected chi connectivity index (χ0v) is 20.7. The number of carbonyl (C=O) groups is 3. The van der Waals surface area contributed by atoms with E-state index in [1.807, 2.05) is 6.92 Å². The lowest BCUT2D eigenvalue weighted by atomic mass is 9.48. The van der Waals surface area contributed by atoms with E-state index in [2.05, 4.69) is 27.7 Å². The number of hydrogen-bond acceptors (Lipinski definition) is 3. The molecule has 0 bridgehead atoms. The van der Waals surface area contributed by atoms with Crippen molar-refractivity contribution in [2.75, 3.05) is 0 Å². The van der Waals surface area contributed by atoms with Gasteiger partial charge in [0.05, 0.1) is 11.8 Å². The molecule has 0 heterocycles. The van der Waals surface area contributed by atoms with Crippen molar-refractivity contribution < 1.29 is 24.6 Å². The fourth-order valence-corrected chi connectivity index (χ4v) is 8.21. The minimum atomic E-state index is -0.943. The summed E-state index contributed by atoms with van der Waals surface area (Å²) in [5.74, 6) is -1.23. The number of carboxylic acids is 2. The first-order valence-corrected chi connectivity index (χ1v) is 12.9. The van der Waals surface area contributed by atoms with Gasteiger partial charge in [0.1, 0.15) is 5.78 Å². The third-order valence-electron chi connectivity index (χ3n) is 10.1. The van der Waals surface area contributed by atoms with Crippen molar-refractivity contribution in [2.24, 2.45) is 52.3 Å². The van der Waals surface area contributed by atoms with Crippen molar-refractivity contribution in [3.05, 3.63) is 0 Å². The molecule has 0 aromatic carbocycles. The molecule has 3 rings (SSSR count). The second kappa shape index (κ2) is 9.46. The predicted octanol–water partition coefficient (Wildman–Crippen LogP) is 6.05. The molecule has 0 amide bonds. The summed E-state index contributed by atoms with van der Waals surface area (Å²) in [6.07, 6.45) is 8.33. The van der Waals surface area contributed by atoms with E-state index in [1.54, 1.807) is 0 Å². The highest BCUT2D eigenvalue weighted by Crippen LogP contribution is 2.65. The molecule has 0 aliphatic heterocycles. The Morgan fingerprint density at radius 2 is 1.59 bits per heavy atom. The van der Waals surface area contributed by atoms with Gasteiger partial charge in [-0.15, -0.1) is 0 Å². The molecule has 0 unspecified atom stereocenters. The van der Waals surface area contributed by atoms with Crippen LogP contribution in [0.3, 0.4) is 0 Å². The first kappa shape index (κ1) is 25.2. The molecule has 5 heteroatoms. The maximum atomic E-state index is 12.7. The lowest BCUT2D eigenvalue weighted by molar-refractivity contribution is -0.169. The van der Waals surface area contributed by atoms with E-state index in [4.69, 9.17) is 0 Å². The van der Waals surface area contributed by atoms with Crippen molar-refractivity contribution in [3.8, 4) is 0 Å². The summed E-state index contributed by atoms with van der Waals surface area (Å²) in [4.78, 5) is 36.9. The highest BCUT2D eigenvalue weighted by Gasteiger charge is 2.61. The second-order valence-electron chi connectivity index (χ2n) is 12.2. The molecular formula is C27H44O5. The minimum Gasteiger partial charge on any atom is -0.481 e. The second-order valence-corrected chi connectivity index (χ2v) is 12.2. The minimum absolute atomic E-state index is 0.00134. The fraction of sp³-hybridized carbons (Fsp3) is 0.889. The van der Waals surface area contributed by atoms with Crippen LogP contribution in [-0.4, -0.2) is 27.9 Å². The Kier molecular flexibility index (Phi) is 7.46. The zero-order chi connectivity index (χ0) is 23.8. The van der Waals surface area contributed by atoms with Gasteiger partial charge in [-0.1, -0.05) is 53.9 Å². The molecule has 32 heavy (non-hydrogen) atoms. The Morgan fingerprint density at radius 1 is 0.938 bits per heavy atom. The zero-order valence-electron chi connectivity index (χ0n) is 20.7. The van der Waals surface area contributed by atoms with Crippen LogP contribution in [0.2, 0.25) is 0 Å². The number of Topliss-reactive ketones (excluding diaryl/α,β-unsaturated/α-hetero) is 1. The highest BCUT2D eigenvalue weighted by atomic mass is 16.4. The Hall–Kier alpha value is -1.39. The van der Waals surface area contributed by atoms with Crippen molar-refractivity contribution in [2.45, 2.75) is 98.8 Å². The average Bonchev–Trinajstić information content (AvgIpc) is 3.05. The number of carboxylic acid groups (broad SMARTS) is 2. The van der Waals surface area contributed by atoms with E-state index in [-0.39, 0.29) is 29.5 Å². The van der Waals surface area contributed by atoms with Crippen LogP contribution in [0, 0.1) is 52.3 Å². The van der Waals surface area contributed by atoms with Crippen LogP contribution in [0.15, 0.2) is 0 Å². The molecular weight excluding hydrogens is 404 g/mol. The Labute approximate surface area is 193 Å². The topological polar surface area (TPSA) is 91.7 Å². The maximum Gasteiger partial charge on any atom is 0.307 e. The van der Waals surface area contributed by atoms with Gasteiger partial charge in [-0.25, -0.2) is 0 Å². The van der Waals surface area contributed by atoms with Gasteiger partial charge in [-0.2, -0.15) is 0 Å². The van der Waals surface area contributed by atoms with Crippen LogP contribution in [0.25, 0.3) is 0 Å². The first-order chi connectivity index (χ1) is 14.9. The molecule has 0 radical (unpaired) electrons. The summed E-state index contributed by atoms with van der Waals surface area (Å²) in [5, 5.41) is 20.3. The molecule has 0 aromatic heterocycles. The summed E-state index contributed by atoms with van der Waals surface area (Å²) in [5.41, 5.74) is -0.624. The number of rotatable bonds is 8. The van der Waals surface area contributed by atoms with E-state index < -0.39 is 29.2 Å². The van der Waals surface area contributed by atoms with Crippen LogP contribution in [0.4, 0.5) is 0 Å². The molecule has 8 atom stereocenters. The molecule has 0 saturated heterocycles. The maximum absolute atomic E-state index is 12.7. The SMILES string of the molecule is CC(C)CCC[C@@H](C)[C@H]1CC[C@H]2[C@H](C(=O)O)[C@@H]([C@@]3(C)CCC(=O)C[C@@H]3C(=O)O)CC[C@]12C. The number of hydrogen-bond donors (Lipinski definition) is 2. The summed E-state index contributed by atoms with van der Waals surface area (Å²) in [6, 6.07) is 0. The number of fused-ring (bicyclic) bond motifs is 1. The molecule has 5 nitrogen and oxygen atoms in total. The van der Waals surface area contributed by atoms with E-state index in [0.717, 1.165) is 25.7 Å². The molecule has 3 saturated carbocycles. The highest BCUT2D eigenvalue weighted by molar-refractivity contribution is 5.86. The van der Waals surface area contributed by atoms with Crippen LogP contribution in [0.1, 0.15) is 98.8 Å². The molecule has 3 aliphatic rings. The monoisotopic (exact) mass is 448 g/mol. The quantitative estimate of drug-likeness (QED) is 0.471. The van der Waals surface area contributed by atoms with Crippen molar-refractivity contribution >= 4 is 17.7 Å². The van der Waals surface area contributed by atoms with Gasteiger partial charge in [-0.3, -0.25) is 14.4 Å². The van der Waals surface area contributed by atoms with Crippen LogP contribution >= 0.6 is 0 Å². The summed E-state index contributed by atoms with van der Waals surface area (Å²) in [6.45, 7) is 11.2. The van der Waals surface area contributed by atoms with Gasteiger partial charge in [0.2, 0.25) is 0 Å².